The van der Waals surface area contributed by atoms with Crippen LogP contribution in [0.1, 0.15) is 6.92 Å². The van der Waals surface area contributed by atoms with Crippen LogP contribution in [0.25, 0.3) is 0 Å². The van der Waals surface area contributed by atoms with E-state index in [1.165, 1.54) is 0 Å². The fourth-order valence-electron chi connectivity index (χ4n) is 2.54. The van der Waals surface area contributed by atoms with Crippen LogP contribution in [-0.4, -0.2) is 73.8 Å². The number of ether oxygens (including phenoxy) is 1. The van der Waals surface area contributed by atoms with Gasteiger partial charge in [0.15, 0.2) is 0 Å². The Bertz CT molecular complexity index is 576. The van der Waals surface area contributed by atoms with E-state index in [9.17, 15) is 9.59 Å². The Hall–Kier alpha value is -1.57. The van der Waals surface area contributed by atoms with E-state index in [1.807, 2.05) is 37.4 Å². The van der Waals surface area contributed by atoms with Crippen LogP contribution in [0.4, 0.5) is 5.69 Å². The lowest BCUT2D eigenvalue weighted by atomic mass is 10.2. The number of benzene rings is 1. The van der Waals surface area contributed by atoms with E-state index < -0.39 is 0 Å². The number of para-hydroxylation sites is 1. The molecule has 132 valence electrons. The molecule has 0 aliphatic carbocycles. The minimum atomic E-state index is -0.343. The first kappa shape index (κ1) is 18.8. The SMILES string of the molecule is CSc1ccccc1NC(=O)CN(C)C(C)C(=O)N1CCOCC1. The van der Waals surface area contributed by atoms with Gasteiger partial charge in [0.25, 0.3) is 0 Å². The Balaban J connectivity index is 1.89. The number of morpholine rings is 1. The molecule has 2 amide bonds. The van der Waals surface area contributed by atoms with Crippen molar-refractivity contribution in [2.75, 3.05) is 51.5 Å². The number of hydrogen-bond donors (Lipinski definition) is 1. The molecule has 1 heterocycles. The largest absolute Gasteiger partial charge is 0.378 e. The number of nitrogens with zero attached hydrogens (tertiary/aromatic N) is 2. The van der Waals surface area contributed by atoms with Crippen molar-refractivity contribution in [3.63, 3.8) is 0 Å². The molecule has 1 atom stereocenters. The summed E-state index contributed by atoms with van der Waals surface area (Å²) in [6.07, 6.45) is 1.97. The Labute approximate surface area is 147 Å². The van der Waals surface area contributed by atoms with Crippen molar-refractivity contribution >= 4 is 29.3 Å². The number of thioether (sulfide) groups is 1. The first-order chi connectivity index (χ1) is 11.5. The molecule has 1 aromatic carbocycles. The first-order valence-electron chi connectivity index (χ1n) is 8.02. The molecule has 1 fully saturated rings. The predicted octanol–water partition coefficient (Wildman–Crippen LogP) is 1.53. The summed E-state index contributed by atoms with van der Waals surface area (Å²) >= 11 is 1.59. The molecule has 1 aliphatic heterocycles. The van der Waals surface area contributed by atoms with Crippen LogP contribution in [0.5, 0.6) is 0 Å². The van der Waals surface area contributed by atoms with Crippen LogP contribution >= 0.6 is 11.8 Å². The minimum Gasteiger partial charge on any atom is -0.378 e. The Kier molecular flexibility index (Phi) is 7.08. The van der Waals surface area contributed by atoms with E-state index in [0.29, 0.717) is 26.3 Å². The summed E-state index contributed by atoms with van der Waals surface area (Å²) < 4.78 is 5.27. The Morgan fingerprint density at radius 2 is 2.00 bits per heavy atom. The standard InChI is InChI=1S/C17H25N3O3S/c1-13(17(22)20-8-10-23-11-9-20)19(2)12-16(21)18-14-6-4-5-7-15(14)24-3/h4-7,13H,8-12H2,1-3H3,(H,18,21). The van der Waals surface area contributed by atoms with Crippen LogP contribution in [0.3, 0.4) is 0 Å². The van der Waals surface area contributed by atoms with Gasteiger partial charge in [-0.15, -0.1) is 11.8 Å². The third kappa shape index (κ3) is 4.96. The second-order valence-electron chi connectivity index (χ2n) is 5.78. The quantitative estimate of drug-likeness (QED) is 0.788. The molecule has 0 aromatic heterocycles. The van der Waals surface area contributed by atoms with Gasteiger partial charge in [0, 0.05) is 18.0 Å². The summed E-state index contributed by atoms with van der Waals surface area (Å²) in [4.78, 5) is 29.4. The average molecular weight is 351 g/mol. The molecule has 1 saturated heterocycles. The van der Waals surface area contributed by atoms with Crippen LogP contribution in [0.2, 0.25) is 0 Å². The molecule has 1 aliphatic rings. The van der Waals surface area contributed by atoms with E-state index >= 15 is 0 Å². The lowest BCUT2D eigenvalue weighted by Crippen LogP contribution is -2.50. The summed E-state index contributed by atoms with van der Waals surface area (Å²) in [7, 11) is 1.79. The summed E-state index contributed by atoms with van der Waals surface area (Å²) in [5.74, 6) is -0.0845. The van der Waals surface area contributed by atoms with Gasteiger partial charge in [-0.3, -0.25) is 14.5 Å². The van der Waals surface area contributed by atoms with Crippen molar-refractivity contribution in [1.82, 2.24) is 9.80 Å². The van der Waals surface area contributed by atoms with E-state index in [1.54, 1.807) is 28.6 Å². The number of nitrogens with one attached hydrogen (secondary N) is 1. The van der Waals surface area contributed by atoms with E-state index in [2.05, 4.69) is 5.32 Å². The third-order valence-electron chi connectivity index (χ3n) is 4.12. The number of carbonyl (C=O) groups excluding carboxylic acids is 2. The summed E-state index contributed by atoms with van der Waals surface area (Å²) in [5, 5.41) is 2.92. The van der Waals surface area contributed by atoms with Crippen LogP contribution in [0, 0.1) is 0 Å². The smallest absolute Gasteiger partial charge is 0.239 e. The highest BCUT2D eigenvalue weighted by molar-refractivity contribution is 7.98. The number of rotatable bonds is 6. The molecule has 7 heteroatoms. The van der Waals surface area contributed by atoms with Gasteiger partial charge in [-0.1, -0.05) is 12.1 Å². The molecule has 2 rings (SSSR count). The van der Waals surface area contributed by atoms with Gasteiger partial charge < -0.3 is 15.0 Å². The van der Waals surface area contributed by atoms with Crippen molar-refractivity contribution in [2.24, 2.45) is 0 Å². The molecule has 24 heavy (non-hydrogen) atoms. The molecule has 0 radical (unpaired) electrons. The predicted molar refractivity (Wildman–Crippen MR) is 96.3 cm³/mol. The van der Waals surface area contributed by atoms with Gasteiger partial charge in [-0.05, 0) is 32.4 Å². The lowest BCUT2D eigenvalue weighted by Gasteiger charge is -2.32. The molecule has 0 saturated carbocycles. The van der Waals surface area contributed by atoms with Gasteiger partial charge in [-0.25, -0.2) is 0 Å². The zero-order valence-corrected chi connectivity index (χ0v) is 15.3. The van der Waals surface area contributed by atoms with Crippen molar-refractivity contribution in [1.29, 1.82) is 0 Å². The van der Waals surface area contributed by atoms with Gasteiger partial charge in [0.2, 0.25) is 11.8 Å². The molecule has 1 unspecified atom stereocenters. The zero-order chi connectivity index (χ0) is 17.5. The molecule has 6 nitrogen and oxygen atoms in total. The maximum absolute atomic E-state index is 12.5. The Morgan fingerprint density at radius 1 is 1.33 bits per heavy atom. The summed E-state index contributed by atoms with van der Waals surface area (Å²) in [6.45, 7) is 4.39. The second kappa shape index (κ2) is 9.05. The molecule has 1 aromatic rings. The van der Waals surface area contributed by atoms with Gasteiger partial charge in [-0.2, -0.15) is 0 Å². The zero-order valence-electron chi connectivity index (χ0n) is 14.4. The van der Waals surface area contributed by atoms with E-state index in [0.717, 1.165) is 10.6 Å². The number of hydrogen-bond acceptors (Lipinski definition) is 5. The first-order valence-corrected chi connectivity index (χ1v) is 9.25. The lowest BCUT2D eigenvalue weighted by molar-refractivity contribution is -0.140. The average Bonchev–Trinajstić information content (AvgIpc) is 2.61. The fourth-order valence-corrected chi connectivity index (χ4v) is 3.09. The molecule has 1 N–H and O–H groups in total. The van der Waals surface area contributed by atoms with Gasteiger partial charge in [0.05, 0.1) is 31.5 Å². The van der Waals surface area contributed by atoms with Crippen molar-refractivity contribution in [2.45, 2.75) is 17.9 Å². The summed E-state index contributed by atoms with van der Waals surface area (Å²) in [6, 6.07) is 7.34. The maximum Gasteiger partial charge on any atom is 0.239 e. The van der Waals surface area contributed by atoms with E-state index in [-0.39, 0.29) is 24.4 Å². The fraction of sp³-hybridized carbons (Fsp3) is 0.529. The molecular formula is C17H25N3O3S. The Morgan fingerprint density at radius 3 is 2.67 bits per heavy atom. The highest BCUT2D eigenvalue weighted by Crippen LogP contribution is 2.24. The number of likely N-dealkylation sites (N-methyl/N-ethyl adjacent to an activating group) is 1. The minimum absolute atomic E-state index is 0.0399. The topological polar surface area (TPSA) is 61.9 Å². The van der Waals surface area contributed by atoms with E-state index in [4.69, 9.17) is 4.74 Å². The van der Waals surface area contributed by atoms with Crippen LogP contribution in [0.15, 0.2) is 29.2 Å². The molecule has 0 bridgehead atoms. The normalized spacial score (nSPS) is 16.1. The monoisotopic (exact) mass is 351 g/mol. The molecule has 0 spiro atoms. The number of amides is 2. The maximum atomic E-state index is 12.5. The van der Waals surface area contributed by atoms with Crippen LogP contribution in [-0.2, 0) is 14.3 Å². The highest BCUT2D eigenvalue weighted by atomic mass is 32.2. The van der Waals surface area contributed by atoms with Crippen molar-refractivity contribution in [3.8, 4) is 0 Å². The van der Waals surface area contributed by atoms with Crippen LogP contribution < -0.4 is 5.32 Å². The van der Waals surface area contributed by atoms with Crippen molar-refractivity contribution in [3.05, 3.63) is 24.3 Å². The highest BCUT2D eigenvalue weighted by Gasteiger charge is 2.26. The van der Waals surface area contributed by atoms with Gasteiger partial charge >= 0.3 is 0 Å². The number of anilines is 1. The summed E-state index contributed by atoms with van der Waals surface area (Å²) in [5.41, 5.74) is 0.801. The molecular weight excluding hydrogens is 326 g/mol. The number of carbonyl (C=O) groups is 2. The van der Waals surface area contributed by atoms with Crippen molar-refractivity contribution < 1.29 is 14.3 Å². The second-order valence-corrected chi connectivity index (χ2v) is 6.63. The van der Waals surface area contributed by atoms with Gasteiger partial charge in [0.1, 0.15) is 0 Å². The third-order valence-corrected chi connectivity index (χ3v) is 4.91.